The van der Waals surface area contributed by atoms with E-state index in [9.17, 15) is 0 Å². The van der Waals surface area contributed by atoms with Gasteiger partial charge in [0.25, 0.3) is 0 Å². The third-order valence-electron chi connectivity index (χ3n) is 5.57. The predicted octanol–water partition coefficient (Wildman–Crippen LogP) is 2.52. The molecule has 2 unspecified atom stereocenters. The average Bonchev–Trinajstić information content (AvgIpc) is 2.83. The van der Waals surface area contributed by atoms with E-state index in [1.165, 1.54) is 44.8 Å². The minimum Gasteiger partial charge on any atom is -0.368 e. The molecular weight excluding hydrogens is 246 g/mol. The van der Waals surface area contributed by atoms with E-state index in [4.69, 9.17) is 0 Å². The van der Waals surface area contributed by atoms with Crippen molar-refractivity contribution in [2.45, 2.75) is 32.2 Å². The predicted molar refractivity (Wildman–Crippen MR) is 84.9 cm³/mol. The Hall–Kier alpha value is -1.22. The van der Waals surface area contributed by atoms with Gasteiger partial charge in [-0.2, -0.15) is 0 Å². The standard InChI is InChI=1S/C17H25N3/c1-3-18-9-8-15-14(12-18)13-6-5-7-16-17(13)20(15)11-10-19(16)4-2/h5-7,14-15H,3-4,8-12H2,1-2H3. The van der Waals surface area contributed by atoms with E-state index < -0.39 is 0 Å². The summed E-state index contributed by atoms with van der Waals surface area (Å²) in [6.45, 7) is 11.8. The van der Waals surface area contributed by atoms with Gasteiger partial charge >= 0.3 is 0 Å². The molecule has 108 valence electrons. The van der Waals surface area contributed by atoms with Crippen molar-refractivity contribution in [1.82, 2.24) is 4.90 Å². The summed E-state index contributed by atoms with van der Waals surface area (Å²) in [7, 11) is 0. The molecule has 0 bridgehead atoms. The van der Waals surface area contributed by atoms with Gasteiger partial charge in [-0.1, -0.05) is 19.1 Å². The lowest BCUT2D eigenvalue weighted by molar-refractivity contribution is 0.202. The molecule has 0 saturated carbocycles. The summed E-state index contributed by atoms with van der Waals surface area (Å²) in [5.41, 5.74) is 4.66. The molecule has 0 radical (unpaired) electrons. The molecule has 1 fully saturated rings. The summed E-state index contributed by atoms with van der Waals surface area (Å²) in [6, 6.07) is 7.74. The van der Waals surface area contributed by atoms with Crippen molar-refractivity contribution < 1.29 is 0 Å². The Kier molecular flexibility index (Phi) is 2.92. The number of likely N-dealkylation sites (tertiary alicyclic amines) is 1. The maximum Gasteiger partial charge on any atom is 0.0644 e. The van der Waals surface area contributed by atoms with Crippen LogP contribution >= 0.6 is 0 Å². The van der Waals surface area contributed by atoms with Crippen molar-refractivity contribution in [3.8, 4) is 0 Å². The number of likely N-dealkylation sites (N-methyl/N-ethyl adjacent to an activating group) is 2. The number of para-hydroxylation sites is 1. The van der Waals surface area contributed by atoms with Crippen LogP contribution in [-0.2, 0) is 0 Å². The molecule has 0 spiro atoms. The SMILES string of the molecule is CCN1CCC2C(C1)c1cccc3c1N2CCN3CC. The van der Waals surface area contributed by atoms with Crippen molar-refractivity contribution in [1.29, 1.82) is 0 Å². The fraction of sp³-hybridized carbons (Fsp3) is 0.647. The van der Waals surface area contributed by atoms with Crippen molar-refractivity contribution in [2.24, 2.45) is 0 Å². The molecular formula is C17H25N3. The maximum absolute atomic E-state index is 2.73. The Morgan fingerprint density at radius 3 is 2.80 bits per heavy atom. The van der Waals surface area contributed by atoms with Crippen LogP contribution in [0.25, 0.3) is 0 Å². The second kappa shape index (κ2) is 4.66. The minimum atomic E-state index is 0.732. The number of nitrogens with zero attached hydrogens (tertiary/aromatic N) is 3. The number of piperidine rings is 1. The lowest BCUT2D eigenvalue weighted by atomic mass is 9.89. The van der Waals surface area contributed by atoms with Gasteiger partial charge in [0, 0.05) is 44.7 Å². The highest BCUT2D eigenvalue weighted by Crippen LogP contribution is 2.50. The zero-order valence-electron chi connectivity index (χ0n) is 12.7. The highest BCUT2D eigenvalue weighted by molar-refractivity contribution is 5.81. The molecule has 3 heteroatoms. The molecule has 2 atom stereocenters. The molecule has 0 aliphatic carbocycles. The van der Waals surface area contributed by atoms with Gasteiger partial charge in [0.2, 0.25) is 0 Å². The largest absolute Gasteiger partial charge is 0.368 e. The molecule has 1 saturated heterocycles. The van der Waals surface area contributed by atoms with E-state index in [0.29, 0.717) is 0 Å². The number of rotatable bonds is 2. The first kappa shape index (κ1) is 12.5. The van der Waals surface area contributed by atoms with Crippen molar-refractivity contribution in [3.05, 3.63) is 23.8 Å². The Morgan fingerprint density at radius 2 is 2.00 bits per heavy atom. The highest BCUT2D eigenvalue weighted by atomic mass is 15.3. The first-order valence-corrected chi connectivity index (χ1v) is 8.20. The summed E-state index contributed by atoms with van der Waals surface area (Å²) in [6.07, 6.45) is 1.33. The molecule has 3 aliphatic heterocycles. The van der Waals surface area contributed by atoms with Gasteiger partial charge < -0.3 is 14.7 Å². The fourth-order valence-electron chi connectivity index (χ4n) is 4.51. The highest BCUT2D eigenvalue weighted by Gasteiger charge is 2.44. The van der Waals surface area contributed by atoms with Gasteiger partial charge in [-0.05, 0) is 31.5 Å². The van der Waals surface area contributed by atoms with Crippen LogP contribution in [0.3, 0.4) is 0 Å². The molecule has 3 heterocycles. The normalized spacial score (nSPS) is 28.5. The van der Waals surface area contributed by atoms with E-state index in [1.807, 2.05) is 0 Å². The van der Waals surface area contributed by atoms with Crippen LogP contribution in [-0.4, -0.2) is 50.2 Å². The number of anilines is 2. The quantitative estimate of drug-likeness (QED) is 0.818. The zero-order chi connectivity index (χ0) is 13.7. The smallest absolute Gasteiger partial charge is 0.0644 e. The molecule has 0 N–H and O–H groups in total. The van der Waals surface area contributed by atoms with E-state index in [-0.39, 0.29) is 0 Å². The summed E-state index contributed by atoms with van der Waals surface area (Å²) in [5.74, 6) is 0.732. The molecule has 0 amide bonds. The van der Waals surface area contributed by atoms with E-state index in [2.05, 4.69) is 46.7 Å². The third kappa shape index (κ3) is 1.62. The third-order valence-corrected chi connectivity index (χ3v) is 5.57. The summed E-state index contributed by atoms with van der Waals surface area (Å²) >= 11 is 0. The monoisotopic (exact) mass is 271 g/mol. The van der Waals surface area contributed by atoms with Gasteiger partial charge in [-0.15, -0.1) is 0 Å². The number of hydrogen-bond donors (Lipinski definition) is 0. The molecule has 1 aromatic carbocycles. The van der Waals surface area contributed by atoms with Crippen LogP contribution in [0.5, 0.6) is 0 Å². The second-order valence-corrected chi connectivity index (χ2v) is 6.34. The topological polar surface area (TPSA) is 9.72 Å². The van der Waals surface area contributed by atoms with Gasteiger partial charge in [0.1, 0.15) is 0 Å². The van der Waals surface area contributed by atoms with Gasteiger partial charge in [-0.25, -0.2) is 0 Å². The van der Waals surface area contributed by atoms with Crippen LogP contribution in [0, 0.1) is 0 Å². The van der Waals surface area contributed by atoms with Crippen LogP contribution in [0.1, 0.15) is 31.7 Å². The molecule has 0 aromatic heterocycles. The number of hydrogen-bond acceptors (Lipinski definition) is 3. The number of fused-ring (bicyclic) bond motifs is 3. The van der Waals surface area contributed by atoms with Gasteiger partial charge in [0.15, 0.2) is 0 Å². The first-order chi connectivity index (χ1) is 9.83. The molecule has 20 heavy (non-hydrogen) atoms. The van der Waals surface area contributed by atoms with Crippen LogP contribution in [0.2, 0.25) is 0 Å². The second-order valence-electron chi connectivity index (χ2n) is 6.34. The van der Waals surface area contributed by atoms with Crippen molar-refractivity contribution >= 4 is 11.4 Å². The van der Waals surface area contributed by atoms with Crippen LogP contribution in [0.15, 0.2) is 18.2 Å². The average molecular weight is 271 g/mol. The summed E-state index contributed by atoms with van der Waals surface area (Å²) < 4.78 is 0. The summed E-state index contributed by atoms with van der Waals surface area (Å²) in [4.78, 5) is 7.90. The van der Waals surface area contributed by atoms with Crippen molar-refractivity contribution in [2.75, 3.05) is 49.1 Å². The Morgan fingerprint density at radius 1 is 1.10 bits per heavy atom. The van der Waals surface area contributed by atoms with Gasteiger partial charge in [-0.3, -0.25) is 0 Å². The number of benzene rings is 1. The van der Waals surface area contributed by atoms with Gasteiger partial charge in [0.05, 0.1) is 11.4 Å². The molecule has 3 nitrogen and oxygen atoms in total. The minimum absolute atomic E-state index is 0.732. The van der Waals surface area contributed by atoms with Crippen molar-refractivity contribution in [3.63, 3.8) is 0 Å². The van der Waals surface area contributed by atoms with E-state index >= 15 is 0 Å². The fourth-order valence-corrected chi connectivity index (χ4v) is 4.51. The lowest BCUT2D eigenvalue weighted by Gasteiger charge is -2.42. The van der Waals surface area contributed by atoms with Crippen LogP contribution in [0.4, 0.5) is 11.4 Å². The van der Waals surface area contributed by atoms with E-state index in [1.54, 1.807) is 11.3 Å². The summed E-state index contributed by atoms with van der Waals surface area (Å²) in [5, 5.41) is 0. The molecule has 1 aromatic rings. The Balaban J connectivity index is 1.77. The zero-order valence-corrected chi connectivity index (χ0v) is 12.7. The lowest BCUT2D eigenvalue weighted by Crippen LogP contribution is -2.49. The first-order valence-electron chi connectivity index (χ1n) is 8.20. The maximum atomic E-state index is 2.73. The van der Waals surface area contributed by atoms with Crippen LogP contribution < -0.4 is 9.80 Å². The molecule has 4 rings (SSSR count). The Bertz CT molecular complexity index is 513. The Labute approximate surface area is 122 Å². The molecule has 3 aliphatic rings. The van der Waals surface area contributed by atoms with E-state index in [0.717, 1.165) is 18.5 Å².